The minimum absolute atomic E-state index is 0. The van der Waals surface area contributed by atoms with Gasteiger partial charge in [-0.05, 0) is 12.3 Å². The highest BCUT2D eigenvalue weighted by atomic mass is 35.5. The lowest BCUT2D eigenvalue weighted by Crippen LogP contribution is -2.49. The van der Waals surface area contributed by atoms with E-state index in [1.165, 1.54) is 0 Å². The Bertz CT molecular complexity index is 277. The van der Waals surface area contributed by atoms with E-state index in [-0.39, 0.29) is 42.2 Å². The van der Waals surface area contributed by atoms with Gasteiger partial charge in [-0.1, -0.05) is 27.7 Å². The number of nitrogens with one attached hydrogen (secondary N) is 1. The second-order valence-corrected chi connectivity index (χ2v) is 5.24. The number of rotatable bonds is 5. The monoisotopic (exact) mass is 280 g/mol. The zero-order valence-corrected chi connectivity index (χ0v) is 12.6. The lowest BCUT2D eigenvalue weighted by Gasteiger charge is -2.26. The topological polar surface area (TPSA) is 81.4 Å². The van der Waals surface area contributed by atoms with Gasteiger partial charge in [-0.25, -0.2) is 0 Å². The van der Waals surface area contributed by atoms with E-state index >= 15 is 0 Å². The zero-order chi connectivity index (χ0) is 13.6. The SMILES string of the molecule is CCOC(=O)C(C)CNC(=O)[C@@H](N)C(C)(C)C.Cl. The van der Waals surface area contributed by atoms with Crippen LogP contribution in [0, 0.1) is 11.3 Å². The van der Waals surface area contributed by atoms with Crippen molar-refractivity contribution in [1.29, 1.82) is 0 Å². The number of ether oxygens (including phenoxy) is 1. The maximum atomic E-state index is 11.7. The predicted octanol–water partition coefficient (Wildman–Crippen LogP) is 1.10. The van der Waals surface area contributed by atoms with E-state index in [4.69, 9.17) is 10.5 Å². The van der Waals surface area contributed by atoms with Crippen LogP contribution in [0.2, 0.25) is 0 Å². The Morgan fingerprint density at radius 1 is 1.33 bits per heavy atom. The average Bonchev–Trinajstić information content (AvgIpc) is 2.23. The van der Waals surface area contributed by atoms with Crippen LogP contribution in [0.4, 0.5) is 0 Å². The first-order chi connectivity index (χ1) is 7.70. The summed E-state index contributed by atoms with van der Waals surface area (Å²) < 4.78 is 4.84. The first-order valence-corrected chi connectivity index (χ1v) is 5.90. The van der Waals surface area contributed by atoms with Crippen molar-refractivity contribution in [2.75, 3.05) is 13.2 Å². The fraction of sp³-hybridized carbons (Fsp3) is 0.833. The van der Waals surface area contributed by atoms with Crippen molar-refractivity contribution in [2.45, 2.75) is 40.7 Å². The number of halogens is 1. The van der Waals surface area contributed by atoms with Gasteiger partial charge in [-0.2, -0.15) is 0 Å². The van der Waals surface area contributed by atoms with Gasteiger partial charge in [0.2, 0.25) is 5.91 Å². The smallest absolute Gasteiger partial charge is 0.310 e. The summed E-state index contributed by atoms with van der Waals surface area (Å²) in [5.41, 5.74) is 5.49. The van der Waals surface area contributed by atoms with Gasteiger partial charge in [-0.3, -0.25) is 9.59 Å². The van der Waals surface area contributed by atoms with Gasteiger partial charge < -0.3 is 15.8 Å². The summed E-state index contributed by atoms with van der Waals surface area (Å²) in [7, 11) is 0. The molecule has 0 aromatic heterocycles. The Morgan fingerprint density at radius 3 is 2.22 bits per heavy atom. The first kappa shape index (κ1) is 19.5. The van der Waals surface area contributed by atoms with Crippen LogP contribution in [0.1, 0.15) is 34.6 Å². The Kier molecular flexibility index (Phi) is 9.03. The van der Waals surface area contributed by atoms with E-state index in [2.05, 4.69) is 5.32 Å². The zero-order valence-electron chi connectivity index (χ0n) is 11.8. The second-order valence-electron chi connectivity index (χ2n) is 5.24. The molecule has 0 bridgehead atoms. The number of hydrogen-bond donors (Lipinski definition) is 2. The highest BCUT2D eigenvalue weighted by Gasteiger charge is 2.27. The Hall–Kier alpha value is -0.810. The molecule has 0 radical (unpaired) electrons. The van der Waals surface area contributed by atoms with Crippen molar-refractivity contribution in [1.82, 2.24) is 5.32 Å². The van der Waals surface area contributed by atoms with Crippen LogP contribution in [0.5, 0.6) is 0 Å². The summed E-state index contributed by atoms with van der Waals surface area (Å²) in [5.74, 6) is -0.906. The third kappa shape index (κ3) is 6.81. The van der Waals surface area contributed by atoms with E-state index in [1.807, 2.05) is 20.8 Å². The third-order valence-corrected chi connectivity index (χ3v) is 2.49. The van der Waals surface area contributed by atoms with Crippen molar-refractivity contribution < 1.29 is 14.3 Å². The van der Waals surface area contributed by atoms with Crippen LogP contribution in [-0.2, 0) is 14.3 Å². The molecule has 0 aliphatic rings. The van der Waals surface area contributed by atoms with Crippen LogP contribution in [0.15, 0.2) is 0 Å². The fourth-order valence-corrected chi connectivity index (χ4v) is 1.12. The van der Waals surface area contributed by atoms with E-state index in [0.29, 0.717) is 6.61 Å². The summed E-state index contributed by atoms with van der Waals surface area (Å²) in [6.07, 6.45) is 0. The molecular formula is C12H25ClN2O3. The Labute approximate surface area is 115 Å². The molecule has 0 rings (SSSR count). The van der Waals surface area contributed by atoms with Gasteiger partial charge in [0.25, 0.3) is 0 Å². The molecule has 3 N–H and O–H groups in total. The van der Waals surface area contributed by atoms with Crippen LogP contribution < -0.4 is 11.1 Å². The van der Waals surface area contributed by atoms with Gasteiger partial charge in [-0.15, -0.1) is 12.4 Å². The number of carbonyl (C=O) groups excluding carboxylic acids is 2. The molecule has 5 nitrogen and oxygen atoms in total. The van der Waals surface area contributed by atoms with Gasteiger partial charge in [0.05, 0.1) is 18.6 Å². The molecule has 0 aromatic carbocycles. The molecule has 0 aliphatic carbocycles. The average molecular weight is 281 g/mol. The van der Waals surface area contributed by atoms with E-state index < -0.39 is 6.04 Å². The molecule has 0 saturated carbocycles. The minimum Gasteiger partial charge on any atom is -0.466 e. The molecule has 0 saturated heterocycles. The highest BCUT2D eigenvalue weighted by Crippen LogP contribution is 2.17. The summed E-state index contributed by atoms with van der Waals surface area (Å²) in [4.78, 5) is 23.0. The molecule has 0 spiro atoms. The molecule has 18 heavy (non-hydrogen) atoms. The third-order valence-electron chi connectivity index (χ3n) is 2.49. The molecule has 2 atom stereocenters. The summed E-state index contributed by atoms with van der Waals surface area (Å²) in [5, 5.41) is 2.66. The maximum Gasteiger partial charge on any atom is 0.310 e. The summed E-state index contributed by atoms with van der Waals surface area (Å²) >= 11 is 0. The Morgan fingerprint density at radius 2 is 1.83 bits per heavy atom. The van der Waals surface area contributed by atoms with Crippen LogP contribution in [-0.4, -0.2) is 31.1 Å². The number of carbonyl (C=O) groups is 2. The molecule has 0 aromatic rings. The molecule has 0 heterocycles. The summed E-state index contributed by atoms with van der Waals surface area (Å²) in [6.45, 7) is 9.74. The fourth-order valence-electron chi connectivity index (χ4n) is 1.12. The van der Waals surface area contributed by atoms with E-state index in [9.17, 15) is 9.59 Å². The van der Waals surface area contributed by atoms with E-state index in [0.717, 1.165) is 0 Å². The van der Waals surface area contributed by atoms with E-state index in [1.54, 1.807) is 13.8 Å². The van der Waals surface area contributed by atoms with Crippen molar-refractivity contribution in [3.63, 3.8) is 0 Å². The number of hydrogen-bond acceptors (Lipinski definition) is 4. The Balaban J connectivity index is 0. The lowest BCUT2D eigenvalue weighted by molar-refractivity contribution is -0.147. The highest BCUT2D eigenvalue weighted by molar-refractivity contribution is 5.85. The van der Waals surface area contributed by atoms with Gasteiger partial charge in [0.1, 0.15) is 0 Å². The number of esters is 1. The normalized spacial score (nSPS) is 14.1. The molecule has 1 amide bonds. The second kappa shape index (κ2) is 8.32. The van der Waals surface area contributed by atoms with Gasteiger partial charge in [0, 0.05) is 6.54 Å². The van der Waals surface area contributed by atoms with Crippen LogP contribution >= 0.6 is 12.4 Å². The maximum absolute atomic E-state index is 11.7. The van der Waals surface area contributed by atoms with Crippen molar-refractivity contribution in [2.24, 2.45) is 17.1 Å². The lowest BCUT2D eigenvalue weighted by atomic mass is 9.87. The van der Waals surface area contributed by atoms with Crippen molar-refractivity contribution in [3.05, 3.63) is 0 Å². The number of amides is 1. The number of nitrogens with two attached hydrogens (primary N) is 1. The molecular weight excluding hydrogens is 256 g/mol. The quantitative estimate of drug-likeness (QED) is 0.739. The van der Waals surface area contributed by atoms with Crippen molar-refractivity contribution in [3.8, 4) is 0 Å². The predicted molar refractivity (Wildman–Crippen MR) is 73.5 cm³/mol. The minimum atomic E-state index is -0.586. The molecule has 0 fully saturated rings. The summed E-state index contributed by atoms with van der Waals surface area (Å²) in [6, 6.07) is -0.586. The largest absolute Gasteiger partial charge is 0.466 e. The molecule has 108 valence electrons. The molecule has 0 aliphatic heterocycles. The van der Waals surface area contributed by atoms with Gasteiger partial charge in [0.15, 0.2) is 0 Å². The molecule has 6 heteroatoms. The van der Waals surface area contributed by atoms with Crippen LogP contribution in [0.25, 0.3) is 0 Å². The standard InChI is InChI=1S/C12H24N2O3.ClH/c1-6-17-11(16)8(2)7-14-10(15)9(13)12(3,4)5;/h8-9H,6-7,13H2,1-5H3,(H,14,15);1H/t8?,9-;/m1./s1. The van der Waals surface area contributed by atoms with Gasteiger partial charge >= 0.3 is 5.97 Å². The first-order valence-electron chi connectivity index (χ1n) is 5.90. The van der Waals surface area contributed by atoms with Crippen molar-refractivity contribution >= 4 is 24.3 Å². The van der Waals surface area contributed by atoms with Crippen LogP contribution in [0.3, 0.4) is 0 Å². The molecule has 1 unspecified atom stereocenters.